The Morgan fingerprint density at radius 1 is 0.943 bits per heavy atom. The minimum atomic E-state index is -4.71. The summed E-state index contributed by atoms with van der Waals surface area (Å²) in [6.45, 7) is 4.58. The molecule has 2 heterocycles. The van der Waals surface area contributed by atoms with Crippen molar-refractivity contribution < 1.29 is 17.9 Å². The number of rotatable bonds is 7. The van der Waals surface area contributed by atoms with Gasteiger partial charge >= 0.3 is 6.36 Å². The van der Waals surface area contributed by atoms with Crippen LogP contribution in [0.2, 0.25) is 0 Å². The Labute approximate surface area is 208 Å². The van der Waals surface area contributed by atoms with Crippen LogP contribution in [0.1, 0.15) is 18.4 Å². The van der Waals surface area contributed by atoms with Gasteiger partial charge in [-0.15, -0.1) is 13.2 Å². The Hall–Kier alpha value is -2.68. The van der Waals surface area contributed by atoms with Gasteiger partial charge in [-0.05, 0) is 42.7 Å². The van der Waals surface area contributed by atoms with Crippen LogP contribution in [0, 0.1) is 0 Å². The van der Waals surface area contributed by atoms with Gasteiger partial charge in [0, 0.05) is 54.6 Å². The fourth-order valence-electron chi connectivity index (χ4n) is 4.85. The molecule has 1 atom stereocenters. The zero-order chi connectivity index (χ0) is 24.3. The van der Waals surface area contributed by atoms with Crippen LogP contribution < -0.4 is 15.0 Å². The number of hydrogen-bond acceptors (Lipinski definition) is 5. The van der Waals surface area contributed by atoms with Crippen LogP contribution in [0.25, 0.3) is 0 Å². The number of ether oxygens (including phenoxy) is 1. The minimum absolute atomic E-state index is 0.188. The molecule has 1 N–H and O–H groups in total. The van der Waals surface area contributed by atoms with Crippen molar-refractivity contribution in [3.05, 3.63) is 78.4 Å². The number of piperazine rings is 1. The Balaban J connectivity index is 1.31. The van der Waals surface area contributed by atoms with Crippen LogP contribution in [0.4, 0.5) is 24.5 Å². The Kier molecular flexibility index (Phi) is 7.22. The monoisotopic (exact) mass is 499 g/mol. The van der Waals surface area contributed by atoms with E-state index < -0.39 is 6.36 Å². The zero-order valence-corrected chi connectivity index (χ0v) is 20.1. The lowest BCUT2D eigenvalue weighted by atomic mass is 10.0. The molecule has 5 rings (SSSR count). The second kappa shape index (κ2) is 10.5. The number of benzene rings is 3. The Morgan fingerprint density at radius 2 is 1.71 bits per heavy atom. The first-order chi connectivity index (χ1) is 17.0. The first-order valence-corrected chi connectivity index (χ1v) is 12.7. The molecule has 35 heavy (non-hydrogen) atoms. The van der Waals surface area contributed by atoms with E-state index in [4.69, 9.17) is 0 Å². The predicted molar refractivity (Wildman–Crippen MR) is 133 cm³/mol. The van der Waals surface area contributed by atoms with Crippen molar-refractivity contribution in [3.63, 3.8) is 0 Å². The molecular weight excluding hydrogens is 471 g/mol. The molecule has 8 heteroatoms. The van der Waals surface area contributed by atoms with Crippen molar-refractivity contribution in [2.75, 3.05) is 31.1 Å². The largest absolute Gasteiger partial charge is 0.573 e. The van der Waals surface area contributed by atoms with E-state index in [-0.39, 0.29) is 5.75 Å². The highest BCUT2D eigenvalue weighted by Crippen LogP contribution is 2.49. The number of para-hydroxylation sites is 1. The lowest BCUT2D eigenvalue weighted by Gasteiger charge is -2.37. The van der Waals surface area contributed by atoms with Gasteiger partial charge in [0.05, 0.1) is 11.4 Å². The highest BCUT2D eigenvalue weighted by molar-refractivity contribution is 7.99. The van der Waals surface area contributed by atoms with Crippen LogP contribution in [0.3, 0.4) is 0 Å². The van der Waals surface area contributed by atoms with Gasteiger partial charge in [-0.2, -0.15) is 0 Å². The number of alkyl halides is 3. The number of halogens is 3. The Bertz CT molecular complexity index is 1140. The van der Waals surface area contributed by atoms with E-state index in [1.54, 1.807) is 17.8 Å². The van der Waals surface area contributed by atoms with E-state index in [1.165, 1.54) is 17.7 Å². The second-order valence-corrected chi connectivity index (χ2v) is 9.94. The average Bonchev–Trinajstić information content (AvgIpc) is 2.84. The van der Waals surface area contributed by atoms with Crippen molar-refractivity contribution in [1.29, 1.82) is 0 Å². The van der Waals surface area contributed by atoms with Gasteiger partial charge in [0.15, 0.2) is 0 Å². The summed E-state index contributed by atoms with van der Waals surface area (Å²) in [6, 6.07) is 23.6. The van der Waals surface area contributed by atoms with E-state index in [0.717, 1.165) is 66.7 Å². The molecule has 184 valence electrons. The van der Waals surface area contributed by atoms with Crippen molar-refractivity contribution in [2.24, 2.45) is 0 Å². The number of nitrogens with zero attached hydrogens (tertiary/aromatic N) is 2. The Morgan fingerprint density at radius 3 is 2.54 bits per heavy atom. The van der Waals surface area contributed by atoms with E-state index in [2.05, 4.69) is 50.2 Å². The molecule has 3 aromatic carbocycles. The van der Waals surface area contributed by atoms with Gasteiger partial charge < -0.3 is 15.0 Å². The first-order valence-electron chi connectivity index (χ1n) is 11.9. The standard InChI is InChI=1S/C27H28F3N3OS/c28-27(29,30)34-22-12-13-26-24(17-22)33(23-10-4-5-11-25(23)35-26)15-6-9-21-18-31-14-16-32(21)19-20-7-2-1-3-8-20/h1-5,7-8,10-13,17,21,31H,6,9,14-16,18-19H2. The SMILES string of the molecule is FC(F)(F)Oc1ccc2c(c1)N(CCCC1CNCCN1Cc1ccccc1)c1ccccc1S2. The van der Waals surface area contributed by atoms with Crippen molar-refractivity contribution in [2.45, 2.75) is 41.6 Å². The van der Waals surface area contributed by atoms with Gasteiger partial charge in [-0.3, -0.25) is 4.90 Å². The van der Waals surface area contributed by atoms with Gasteiger partial charge in [-0.1, -0.05) is 54.2 Å². The van der Waals surface area contributed by atoms with Crippen LogP contribution in [0.5, 0.6) is 5.75 Å². The molecule has 4 nitrogen and oxygen atoms in total. The van der Waals surface area contributed by atoms with E-state index in [9.17, 15) is 13.2 Å². The molecule has 0 saturated carbocycles. The van der Waals surface area contributed by atoms with Crippen LogP contribution in [-0.2, 0) is 6.54 Å². The average molecular weight is 500 g/mol. The molecule has 2 aliphatic heterocycles. The topological polar surface area (TPSA) is 27.7 Å². The number of nitrogens with one attached hydrogen (secondary N) is 1. The number of anilines is 2. The molecule has 0 bridgehead atoms. The maximum Gasteiger partial charge on any atom is 0.573 e. The zero-order valence-electron chi connectivity index (χ0n) is 19.3. The van der Waals surface area contributed by atoms with Crippen LogP contribution >= 0.6 is 11.8 Å². The van der Waals surface area contributed by atoms with E-state index in [0.29, 0.717) is 6.04 Å². The number of hydrogen-bond donors (Lipinski definition) is 1. The van der Waals surface area contributed by atoms with Gasteiger partial charge in [0.25, 0.3) is 0 Å². The molecule has 0 radical (unpaired) electrons. The summed E-state index contributed by atoms with van der Waals surface area (Å²) in [5.41, 5.74) is 3.10. The molecule has 1 saturated heterocycles. The summed E-state index contributed by atoms with van der Waals surface area (Å²) in [5, 5.41) is 3.52. The predicted octanol–water partition coefficient (Wildman–Crippen LogP) is 6.44. The summed E-state index contributed by atoms with van der Waals surface area (Å²) in [5.74, 6) is -0.188. The first kappa shape index (κ1) is 24.0. The lowest BCUT2D eigenvalue weighted by molar-refractivity contribution is -0.274. The molecule has 0 spiro atoms. The third-order valence-corrected chi connectivity index (χ3v) is 7.58. The quantitative estimate of drug-likeness (QED) is 0.404. The lowest BCUT2D eigenvalue weighted by Crippen LogP contribution is -2.50. The molecule has 3 aromatic rings. The van der Waals surface area contributed by atoms with Gasteiger partial charge in [0.1, 0.15) is 5.75 Å². The molecule has 0 aromatic heterocycles. The molecule has 0 amide bonds. The third kappa shape index (κ3) is 5.94. The number of fused-ring (bicyclic) bond motifs is 2. The summed E-state index contributed by atoms with van der Waals surface area (Å²) >= 11 is 1.58. The molecule has 0 aliphatic carbocycles. The fourth-order valence-corrected chi connectivity index (χ4v) is 5.92. The van der Waals surface area contributed by atoms with E-state index in [1.807, 2.05) is 24.3 Å². The van der Waals surface area contributed by atoms with Crippen molar-refractivity contribution in [1.82, 2.24) is 10.2 Å². The molecule has 2 aliphatic rings. The van der Waals surface area contributed by atoms with Gasteiger partial charge in [0.2, 0.25) is 0 Å². The van der Waals surface area contributed by atoms with Gasteiger partial charge in [-0.25, -0.2) is 0 Å². The molecule has 1 unspecified atom stereocenters. The third-order valence-electron chi connectivity index (χ3n) is 6.45. The normalized spacial score (nSPS) is 18.1. The fraction of sp³-hybridized carbons (Fsp3) is 0.333. The molecule has 1 fully saturated rings. The van der Waals surface area contributed by atoms with E-state index >= 15 is 0 Å². The van der Waals surface area contributed by atoms with Crippen LogP contribution in [-0.4, -0.2) is 43.5 Å². The maximum absolute atomic E-state index is 12.9. The smallest absolute Gasteiger partial charge is 0.406 e. The summed E-state index contributed by atoms with van der Waals surface area (Å²) in [7, 11) is 0. The van der Waals surface area contributed by atoms with Crippen molar-refractivity contribution >= 4 is 23.1 Å². The summed E-state index contributed by atoms with van der Waals surface area (Å²) in [6.07, 6.45) is -2.80. The summed E-state index contributed by atoms with van der Waals surface area (Å²) < 4.78 is 42.8. The highest BCUT2D eigenvalue weighted by Gasteiger charge is 2.32. The highest BCUT2D eigenvalue weighted by atomic mass is 32.2. The minimum Gasteiger partial charge on any atom is -0.406 e. The summed E-state index contributed by atoms with van der Waals surface area (Å²) in [4.78, 5) is 6.72. The van der Waals surface area contributed by atoms with Crippen molar-refractivity contribution in [3.8, 4) is 5.75 Å². The second-order valence-electron chi connectivity index (χ2n) is 8.86. The maximum atomic E-state index is 12.9. The molecular formula is C27H28F3N3OS. The van der Waals surface area contributed by atoms with Crippen LogP contribution in [0.15, 0.2) is 82.6 Å².